The Hall–Kier alpha value is -3.42. The summed E-state index contributed by atoms with van der Waals surface area (Å²) in [6.45, 7) is 1.82. The molecule has 8 nitrogen and oxygen atoms in total. The lowest BCUT2D eigenvalue weighted by Crippen LogP contribution is -2.16. The highest BCUT2D eigenvalue weighted by Crippen LogP contribution is 2.32. The van der Waals surface area contributed by atoms with Gasteiger partial charge in [-0.2, -0.15) is 18.0 Å². The van der Waals surface area contributed by atoms with Crippen molar-refractivity contribution >= 4 is 22.1 Å². The molecule has 0 amide bonds. The molecule has 0 saturated carbocycles. The molecule has 1 atom stereocenters. The fourth-order valence-electron chi connectivity index (χ4n) is 2.17. The average molecular weight is 406 g/mol. The van der Waals surface area contributed by atoms with Crippen LogP contribution in [-0.4, -0.2) is 20.4 Å². The summed E-state index contributed by atoms with van der Waals surface area (Å²) in [4.78, 5) is 29.0. The molecule has 0 saturated heterocycles. The van der Waals surface area contributed by atoms with Crippen molar-refractivity contribution in [2.75, 3.05) is 0 Å². The minimum absolute atomic E-state index is 0.133. The fourth-order valence-corrected chi connectivity index (χ4v) is 3.02. The van der Waals surface area contributed by atoms with Crippen LogP contribution in [0.2, 0.25) is 0 Å². The van der Waals surface area contributed by atoms with Gasteiger partial charge in [-0.05, 0) is 12.5 Å². The number of carbonyl (C=O) groups excluding carboxylic acids is 3. The summed E-state index contributed by atoms with van der Waals surface area (Å²) < 4.78 is 59.2. The number of hydrogen-bond donors (Lipinski definition) is 1. The van der Waals surface area contributed by atoms with Gasteiger partial charge >= 0.3 is 16.3 Å². The Morgan fingerprint density at radius 3 is 2.32 bits per heavy atom. The molecule has 9 heteroatoms. The Bertz CT molecular complexity index is 1140. The first kappa shape index (κ1) is 16.7. The first-order chi connectivity index (χ1) is 14.4. The van der Waals surface area contributed by atoms with E-state index in [9.17, 15) is 13.2 Å². The molecule has 1 aliphatic heterocycles. The van der Waals surface area contributed by atoms with Crippen molar-refractivity contribution in [3.05, 3.63) is 82.9 Å². The van der Waals surface area contributed by atoms with Gasteiger partial charge in [-0.25, -0.2) is 0 Å². The zero-order valence-corrected chi connectivity index (χ0v) is 15.4. The Labute approximate surface area is 165 Å². The molecule has 2 aromatic rings. The maximum Gasteiger partial charge on any atom is 0.373 e. The van der Waals surface area contributed by atoms with E-state index >= 15 is 0 Å². The number of ketones is 1. The fraction of sp³-hybridized carbons (Fsp3) is 0.158. The topological polar surface area (TPSA) is 130 Å². The van der Waals surface area contributed by atoms with E-state index in [1.54, 1.807) is 18.2 Å². The van der Waals surface area contributed by atoms with Crippen LogP contribution in [0.4, 0.5) is 0 Å². The van der Waals surface area contributed by atoms with Gasteiger partial charge < -0.3 is 14.7 Å². The van der Waals surface area contributed by atoms with E-state index in [-0.39, 0.29) is 17.3 Å². The summed E-state index contributed by atoms with van der Waals surface area (Å²) in [5.74, 6) is -2.76. The van der Waals surface area contributed by atoms with Crippen molar-refractivity contribution in [2.24, 2.45) is 5.73 Å². The van der Waals surface area contributed by atoms with Gasteiger partial charge in [0.2, 0.25) is 17.4 Å². The van der Waals surface area contributed by atoms with E-state index in [0.717, 1.165) is 5.56 Å². The van der Waals surface area contributed by atoms with E-state index in [1.165, 1.54) is 36.4 Å². The average Bonchev–Trinajstić information content (AvgIpc) is 2.93. The van der Waals surface area contributed by atoms with E-state index < -0.39 is 39.3 Å². The van der Waals surface area contributed by atoms with Crippen LogP contribution in [0.3, 0.4) is 0 Å². The molecule has 0 radical (unpaired) electrons. The van der Waals surface area contributed by atoms with E-state index in [2.05, 4.69) is 0 Å². The molecular weight excluding hydrogens is 386 g/mol. The van der Waals surface area contributed by atoms with Gasteiger partial charge in [-0.3, -0.25) is 4.79 Å². The van der Waals surface area contributed by atoms with Crippen LogP contribution in [0.15, 0.2) is 66.2 Å². The molecule has 1 heterocycles. The molecule has 3 rings (SSSR count). The van der Waals surface area contributed by atoms with Gasteiger partial charge in [0.15, 0.2) is 6.08 Å². The highest BCUT2D eigenvalue weighted by molar-refractivity contribution is 7.86. The summed E-state index contributed by atoms with van der Waals surface area (Å²) in [5.41, 5.74) is 3.48. The van der Waals surface area contributed by atoms with E-state index in [0.29, 0.717) is 0 Å². The first-order valence-electron chi connectivity index (χ1n) is 9.20. The molecule has 0 fully saturated rings. The predicted molar refractivity (Wildman–Crippen MR) is 96.4 cm³/mol. The van der Waals surface area contributed by atoms with Crippen LogP contribution < -0.4 is 5.73 Å². The van der Waals surface area contributed by atoms with Crippen LogP contribution in [0, 0.1) is 6.92 Å². The molecule has 0 aromatic heterocycles. The molecule has 0 spiro atoms. The monoisotopic (exact) mass is 406 g/mol. The SMILES string of the molecule is O=C=O.[2H]C([2H])(c1ccccc1)S(=O)(=O)OC1=C(N)O[C@]([2H])(c2ccc(C)cc2)C1=O. The number of rotatable bonds is 5. The van der Waals surface area contributed by atoms with Crippen LogP contribution in [0.5, 0.6) is 0 Å². The van der Waals surface area contributed by atoms with Crippen LogP contribution in [-0.2, 0) is 39.1 Å². The third-order valence-electron chi connectivity index (χ3n) is 3.37. The largest absolute Gasteiger partial charge is 0.460 e. The van der Waals surface area contributed by atoms with Crippen LogP contribution in [0.1, 0.15) is 26.9 Å². The second kappa shape index (κ2) is 8.98. The van der Waals surface area contributed by atoms with Crippen LogP contribution >= 0.6 is 0 Å². The molecule has 1 aliphatic rings. The van der Waals surface area contributed by atoms with Crippen molar-refractivity contribution in [1.82, 2.24) is 0 Å². The van der Waals surface area contributed by atoms with Gasteiger partial charge in [-0.1, -0.05) is 60.2 Å². The Balaban J connectivity index is 0.00000107. The predicted octanol–water partition coefficient (Wildman–Crippen LogP) is 1.73. The van der Waals surface area contributed by atoms with E-state index in [4.69, 9.17) is 28.4 Å². The minimum atomic E-state index is -4.99. The normalized spacial score (nSPS) is 20.6. The number of aryl methyl sites for hydroxylation is 1. The van der Waals surface area contributed by atoms with Gasteiger partial charge in [0.25, 0.3) is 0 Å². The highest BCUT2D eigenvalue weighted by Gasteiger charge is 2.39. The van der Waals surface area contributed by atoms with Crippen LogP contribution in [0.25, 0.3) is 0 Å². The smallest absolute Gasteiger partial charge is 0.373 e. The third-order valence-corrected chi connectivity index (χ3v) is 4.24. The number of benzene rings is 2. The first-order valence-corrected chi connectivity index (χ1v) is 9.11. The molecule has 28 heavy (non-hydrogen) atoms. The molecular formula is C19H17NO7S. The lowest BCUT2D eigenvalue weighted by Gasteiger charge is -2.10. The van der Waals surface area contributed by atoms with Crippen molar-refractivity contribution in [2.45, 2.75) is 18.7 Å². The summed E-state index contributed by atoms with van der Waals surface area (Å²) in [5, 5.41) is 0. The van der Waals surface area contributed by atoms with E-state index in [1.807, 2.05) is 6.92 Å². The highest BCUT2D eigenvalue weighted by atomic mass is 32.2. The van der Waals surface area contributed by atoms with Gasteiger partial charge in [-0.15, -0.1) is 0 Å². The van der Waals surface area contributed by atoms with Gasteiger partial charge in [0.05, 0.1) is 4.11 Å². The Kier molecular flexibility index (Phi) is 5.37. The molecule has 146 valence electrons. The second-order valence-corrected chi connectivity index (χ2v) is 6.69. The number of nitrogens with two attached hydrogens (primary N) is 1. The molecule has 0 unspecified atom stereocenters. The molecule has 2 N–H and O–H groups in total. The number of carbonyl (C=O) groups is 1. The molecule has 0 aliphatic carbocycles. The van der Waals surface area contributed by atoms with Gasteiger partial charge in [0, 0.05) is 5.56 Å². The number of ether oxygens (including phenoxy) is 1. The second-order valence-electron chi connectivity index (χ2n) is 5.41. The summed E-state index contributed by atoms with van der Waals surface area (Å²) in [6, 6.07) is 13.3. The lowest BCUT2D eigenvalue weighted by atomic mass is 10.0. The van der Waals surface area contributed by atoms with Gasteiger partial charge in [0.1, 0.15) is 5.70 Å². The quantitative estimate of drug-likeness (QED) is 0.743. The Morgan fingerprint density at radius 1 is 1.18 bits per heavy atom. The minimum Gasteiger partial charge on any atom is -0.460 e. The maximum atomic E-state index is 12.7. The molecule has 2 aromatic carbocycles. The maximum absolute atomic E-state index is 12.7. The summed E-state index contributed by atoms with van der Waals surface area (Å²) in [6.07, 6.45) is -2.07. The zero-order chi connectivity index (χ0) is 23.4. The number of hydrogen-bond acceptors (Lipinski definition) is 8. The summed E-state index contributed by atoms with van der Waals surface area (Å²) in [7, 11) is -4.99. The number of Topliss-reactive ketones (excluding diaryl/α,β-unsaturated/α-hetero) is 1. The standard InChI is InChI=1S/C18H17NO5S.CO2/c1-12-7-9-14(10-8-12)16-15(20)17(18(19)23-16)24-25(21,22)11-13-5-3-2-4-6-13;2-1-3/h2-10,16H,11,19H2,1H3;/t16-;/m1./s1/i11D2,16D;. The zero-order valence-electron chi connectivity index (χ0n) is 17.5. The third kappa shape index (κ3) is 5.29. The Morgan fingerprint density at radius 2 is 1.75 bits per heavy atom. The van der Waals surface area contributed by atoms with Crippen molar-refractivity contribution < 1.29 is 35.8 Å². The summed E-state index contributed by atoms with van der Waals surface area (Å²) >= 11 is 0. The van der Waals surface area contributed by atoms with Crippen molar-refractivity contribution in [3.63, 3.8) is 0 Å². The van der Waals surface area contributed by atoms with Crippen molar-refractivity contribution in [1.29, 1.82) is 0 Å². The molecule has 0 bridgehead atoms. The van der Waals surface area contributed by atoms with Crippen molar-refractivity contribution in [3.8, 4) is 0 Å². The lowest BCUT2D eigenvalue weighted by molar-refractivity contribution is -0.191.